The van der Waals surface area contributed by atoms with Crippen molar-refractivity contribution in [2.75, 3.05) is 11.9 Å². The zero-order chi connectivity index (χ0) is 18.4. The Balaban J connectivity index is 1.66. The molecule has 0 atom stereocenters. The molecule has 0 saturated heterocycles. The Morgan fingerprint density at radius 3 is 2.88 bits per heavy atom. The molecule has 0 fully saturated rings. The Kier molecular flexibility index (Phi) is 5.63. The lowest BCUT2D eigenvalue weighted by molar-refractivity contribution is -0.110. The van der Waals surface area contributed by atoms with E-state index >= 15 is 0 Å². The minimum Gasteiger partial charge on any atom is -0.338 e. The Labute approximate surface area is 153 Å². The molecule has 0 bridgehead atoms. The predicted molar refractivity (Wildman–Crippen MR) is 103 cm³/mol. The summed E-state index contributed by atoms with van der Waals surface area (Å²) in [6.07, 6.45) is 12.3. The van der Waals surface area contributed by atoms with Crippen LogP contribution in [-0.2, 0) is 11.2 Å². The number of carbonyl (C=O) groups excluding carboxylic acids is 2. The number of hydrazone groups is 1. The monoisotopic (exact) mass is 350 g/mol. The molecule has 2 aliphatic rings. The van der Waals surface area contributed by atoms with Gasteiger partial charge in [0, 0.05) is 37.0 Å². The Morgan fingerprint density at radius 1 is 1.31 bits per heavy atom. The van der Waals surface area contributed by atoms with Crippen molar-refractivity contribution in [3.8, 4) is 0 Å². The second-order valence-electron chi connectivity index (χ2n) is 6.11. The number of hydrogen-bond acceptors (Lipinski definition) is 4. The number of ketones is 1. The zero-order valence-electron chi connectivity index (χ0n) is 14.7. The quantitative estimate of drug-likeness (QED) is 0.857. The maximum Gasteiger partial charge on any atom is 0.319 e. The number of urea groups is 1. The summed E-state index contributed by atoms with van der Waals surface area (Å²) in [4.78, 5) is 22.9. The maximum atomic E-state index is 11.7. The molecule has 0 aromatic heterocycles. The van der Waals surface area contributed by atoms with E-state index in [1.54, 1.807) is 12.2 Å². The van der Waals surface area contributed by atoms with Crippen LogP contribution >= 0.6 is 0 Å². The van der Waals surface area contributed by atoms with Crippen molar-refractivity contribution in [2.45, 2.75) is 25.8 Å². The number of benzene rings is 1. The second-order valence-corrected chi connectivity index (χ2v) is 6.11. The molecule has 1 aromatic rings. The third-order valence-corrected chi connectivity index (χ3v) is 4.02. The van der Waals surface area contributed by atoms with Gasteiger partial charge in [0.05, 0.1) is 6.04 Å². The molecule has 134 valence electrons. The fourth-order valence-corrected chi connectivity index (χ4v) is 2.82. The molecule has 0 unspecified atom stereocenters. The van der Waals surface area contributed by atoms with Crippen molar-refractivity contribution in [2.24, 2.45) is 5.10 Å². The summed E-state index contributed by atoms with van der Waals surface area (Å²) in [6, 6.07) is 7.52. The van der Waals surface area contributed by atoms with Gasteiger partial charge in [0.2, 0.25) is 0 Å². The lowest BCUT2D eigenvalue weighted by atomic mass is 10.0. The van der Waals surface area contributed by atoms with E-state index in [0.717, 1.165) is 23.4 Å². The number of rotatable bonds is 5. The first-order chi connectivity index (χ1) is 12.6. The summed E-state index contributed by atoms with van der Waals surface area (Å²) >= 11 is 0. The SMILES string of the molecule is CCNC(=O)Nc1cccc(CC2=NN(C3C=CC(=O)C=C3)C=CC2)c1. The number of carbonyl (C=O) groups is 2. The van der Waals surface area contributed by atoms with Gasteiger partial charge in [-0.25, -0.2) is 4.79 Å². The van der Waals surface area contributed by atoms with Crippen molar-refractivity contribution in [1.29, 1.82) is 0 Å². The molecule has 0 spiro atoms. The van der Waals surface area contributed by atoms with Crippen LogP contribution in [0.3, 0.4) is 0 Å². The smallest absolute Gasteiger partial charge is 0.319 e. The van der Waals surface area contributed by atoms with Crippen LogP contribution in [0.15, 0.2) is 65.9 Å². The van der Waals surface area contributed by atoms with E-state index in [-0.39, 0.29) is 17.9 Å². The molecule has 1 aliphatic heterocycles. The highest BCUT2D eigenvalue weighted by molar-refractivity contribution is 6.00. The molecular formula is C20H22N4O2. The second kappa shape index (κ2) is 8.29. The van der Waals surface area contributed by atoms with Crippen molar-refractivity contribution in [3.63, 3.8) is 0 Å². The van der Waals surface area contributed by atoms with Crippen LogP contribution in [0.2, 0.25) is 0 Å². The molecule has 1 heterocycles. The van der Waals surface area contributed by atoms with Crippen LogP contribution in [0.5, 0.6) is 0 Å². The molecule has 0 saturated carbocycles. The largest absolute Gasteiger partial charge is 0.338 e. The molecule has 1 aromatic carbocycles. The summed E-state index contributed by atoms with van der Waals surface area (Å²) in [7, 11) is 0. The molecule has 1 aliphatic carbocycles. The van der Waals surface area contributed by atoms with Crippen molar-refractivity contribution >= 4 is 23.2 Å². The molecule has 6 heteroatoms. The van der Waals surface area contributed by atoms with E-state index < -0.39 is 0 Å². The lowest BCUT2D eigenvalue weighted by Gasteiger charge is -2.26. The highest BCUT2D eigenvalue weighted by Crippen LogP contribution is 2.17. The molecule has 6 nitrogen and oxygen atoms in total. The van der Waals surface area contributed by atoms with Gasteiger partial charge < -0.3 is 10.6 Å². The van der Waals surface area contributed by atoms with Crippen LogP contribution in [0.4, 0.5) is 10.5 Å². The highest BCUT2D eigenvalue weighted by atomic mass is 16.2. The van der Waals surface area contributed by atoms with Gasteiger partial charge in [-0.3, -0.25) is 9.80 Å². The number of allylic oxidation sites excluding steroid dienone is 3. The van der Waals surface area contributed by atoms with Gasteiger partial charge >= 0.3 is 6.03 Å². The van der Waals surface area contributed by atoms with Gasteiger partial charge in [0.15, 0.2) is 5.78 Å². The summed E-state index contributed by atoms with van der Waals surface area (Å²) in [6.45, 7) is 2.46. The first-order valence-electron chi connectivity index (χ1n) is 8.69. The van der Waals surface area contributed by atoms with Gasteiger partial charge in [-0.05, 0) is 36.8 Å². The normalized spacial score (nSPS) is 16.6. The molecular weight excluding hydrogens is 328 g/mol. The zero-order valence-corrected chi connectivity index (χ0v) is 14.7. The summed E-state index contributed by atoms with van der Waals surface area (Å²) < 4.78 is 0. The van der Waals surface area contributed by atoms with Gasteiger partial charge in [-0.2, -0.15) is 5.10 Å². The average Bonchev–Trinajstić information content (AvgIpc) is 2.63. The maximum absolute atomic E-state index is 11.7. The third-order valence-electron chi connectivity index (χ3n) is 4.02. The van der Waals surface area contributed by atoms with Crippen LogP contribution in [0.25, 0.3) is 0 Å². The fourth-order valence-electron chi connectivity index (χ4n) is 2.82. The van der Waals surface area contributed by atoms with E-state index in [0.29, 0.717) is 13.0 Å². The lowest BCUT2D eigenvalue weighted by Crippen LogP contribution is -2.28. The first kappa shape index (κ1) is 17.7. The van der Waals surface area contributed by atoms with E-state index in [1.807, 2.05) is 54.6 Å². The number of anilines is 1. The van der Waals surface area contributed by atoms with Gasteiger partial charge in [-0.15, -0.1) is 0 Å². The van der Waals surface area contributed by atoms with E-state index in [4.69, 9.17) is 5.10 Å². The Morgan fingerprint density at radius 2 is 2.12 bits per heavy atom. The third kappa shape index (κ3) is 4.69. The molecule has 2 N–H and O–H groups in total. The Bertz CT molecular complexity index is 792. The molecule has 3 rings (SSSR count). The van der Waals surface area contributed by atoms with Gasteiger partial charge in [-0.1, -0.05) is 30.4 Å². The number of nitrogens with zero attached hydrogens (tertiary/aromatic N) is 2. The minimum absolute atomic E-state index is 0.00265. The topological polar surface area (TPSA) is 73.8 Å². The van der Waals surface area contributed by atoms with Crippen molar-refractivity contribution in [1.82, 2.24) is 10.3 Å². The summed E-state index contributed by atoms with van der Waals surface area (Å²) in [5.74, 6) is 0.00265. The van der Waals surface area contributed by atoms with Crippen LogP contribution in [0.1, 0.15) is 18.9 Å². The summed E-state index contributed by atoms with van der Waals surface area (Å²) in [5, 5.41) is 12.1. The predicted octanol–water partition coefficient (Wildman–Crippen LogP) is 3.01. The first-order valence-corrected chi connectivity index (χ1v) is 8.69. The number of amides is 2. The van der Waals surface area contributed by atoms with E-state index in [2.05, 4.69) is 16.7 Å². The highest BCUT2D eigenvalue weighted by Gasteiger charge is 2.16. The van der Waals surface area contributed by atoms with E-state index in [9.17, 15) is 9.59 Å². The van der Waals surface area contributed by atoms with Crippen molar-refractivity contribution in [3.05, 3.63) is 66.4 Å². The number of nitrogens with one attached hydrogen (secondary N) is 2. The number of hydrogen-bond donors (Lipinski definition) is 2. The van der Waals surface area contributed by atoms with Gasteiger partial charge in [0.1, 0.15) is 0 Å². The van der Waals surface area contributed by atoms with Crippen LogP contribution < -0.4 is 10.6 Å². The molecule has 0 radical (unpaired) electrons. The van der Waals surface area contributed by atoms with Gasteiger partial charge in [0.25, 0.3) is 0 Å². The summed E-state index contributed by atoms with van der Waals surface area (Å²) in [5.41, 5.74) is 2.87. The van der Waals surface area contributed by atoms with Crippen LogP contribution in [0, 0.1) is 0 Å². The van der Waals surface area contributed by atoms with Crippen LogP contribution in [-0.4, -0.2) is 35.1 Å². The van der Waals surface area contributed by atoms with E-state index in [1.165, 1.54) is 0 Å². The fraction of sp³-hybridized carbons (Fsp3) is 0.250. The molecule has 26 heavy (non-hydrogen) atoms. The van der Waals surface area contributed by atoms with Crippen molar-refractivity contribution < 1.29 is 9.59 Å². The average molecular weight is 350 g/mol. The molecule has 2 amide bonds. The minimum atomic E-state index is -0.209. The standard InChI is InChI=1S/C20H22N4O2/c1-2-21-20(26)22-16-6-3-5-15(13-16)14-17-7-4-12-24(23-17)18-8-10-19(25)11-9-18/h3-6,8-13,18H,2,7,14H2,1H3,(H2,21,22,26). The Hall–Kier alpha value is -3.15.